The lowest BCUT2D eigenvalue weighted by Gasteiger charge is -2.18. The summed E-state index contributed by atoms with van der Waals surface area (Å²) in [5, 5.41) is 1.72. The molecule has 0 amide bonds. The van der Waals surface area contributed by atoms with Gasteiger partial charge in [0.15, 0.2) is 5.78 Å². The smallest absolute Gasteiger partial charge is 0.182 e. The third kappa shape index (κ3) is 2.05. The number of thioether (sulfide) groups is 2. The summed E-state index contributed by atoms with van der Waals surface area (Å²) in [5.41, 5.74) is 0.794. The maximum atomic E-state index is 11.7. The lowest BCUT2D eigenvalue weighted by Crippen LogP contribution is -2.10. The van der Waals surface area contributed by atoms with Crippen LogP contribution in [0.1, 0.15) is 38.5 Å². The van der Waals surface area contributed by atoms with Crippen molar-refractivity contribution in [3.63, 3.8) is 0 Å². The Kier molecular flexibility index (Phi) is 3.27. The number of aromatic nitrogens is 1. The molecule has 0 radical (unpaired) electrons. The van der Waals surface area contributed by atoms with Crippen molar-refractivity contribution in [2.75, 3.05) is 17.3 Å². The number of Topliss-reactive ketones (excluding diaryl/α,β-unsaturated/α-hetero) is 1. The summed E-state index contributed by atoms with van der Waals surface area (Å²) in [6, 6.07) is 0. The quantitative estimate of drug-likeness (QED) is 0.784. The van der Waals surface area contributed by atoms with Crippen LogP contribution in [0.4, 0.5) is 0 Å². The number of hydrogen-bond acceptors (Lipinski definition) is 5. The average molecular weight is 271 g/mol. The highest BCUT2D eigenvalue weighted by molar-refractivity contribution is 8.06. The molecule has 1 aliphatic heterocycles. The first-order valence-electron chi connectivity index (χ1n) is 5.57. The highest BCUT2D eigenvalue weighted by Gasteiger charge is 2.26. The number of aryl methyl sites for hydroxylation is 1. The molecule has 1 aromatic rings. The minimum absolute atomic E-state index is 0.261. The molecule has 16 heavy (non-hydrogen) atoms. The van der Waals surface area contributed by atoms with Crippen LogP contribution < -0.4 is 0 Å². The van der Waals surface area contributed by atoms with Gasteiger partial charge in [0, 0.05) is 28.6 Å². The Bertz CT molecular complexity index is 409. The largest absolute Gasteiger partial charge is 0.292 e. The molecule has 1 aromatic heterocycles. The van der Waals surface area contributed by atoms with Gasteiger partial charge in [0.1, 0.15) is 10.7 Å². The highest BCUT2D eigenvalue weighted by Crippen LogP contribution is 2.40. The van der Waals surface area contributed by atoms with E-state index in [-0.39, 0.29) is 5.78 Å². The van der Waals surface area contributed by atoms with Crippen LogP contribution in [0, 0.1) is 0 Å². The lowest BCUT2D eigenvalue weighted by atomic mass is 10.0. The SMILES string of the molecule is O=C1CCCc2sc(C3CSCCS3)nc21. The van der Waals surface area contributed by atoms with Gasteiger partial charge in [-0.25, -0.2) is 4.98 Å². The molecule has 1 unspecified atom stereocenters. The molecule has 2 aliphatic rings. The van der Waals surface area contributed by atoms with Crippen molar-refractivity contribution in [2.45, 2.75) is 24.5 Å². The summed E-state index contributed by atoms with van der Waals surface area (Å²) in [6.45, 7) is 0. The summed E-state index contributed by atoms with van der Waals surface area (Å²) in [7, 11) is 0. The van der Waals surface area contributed by atoms with Crippen LogP contribution in [0.3, 0.4) is 0 Å². The zero-order valence-corrected chi connectivity index (χ0v) is 11.3. The van der Waals surface area contributed by atoms with Crippen molar-refractivity contribution in [2.24, 2.45) is 0 Å². The van der Waals surface area contributed by atoms with Crippen LogP contribution in [-0.2, 0) is 6.42 Å². The van der Waals surface area contributed by atoms with E-state index in [1.165, 1.54) is 21.4 Å². The molecule has 0 saturated carbocycles. The van der Waals surface area contributed by atoms with Gasteiger partial charge >= 0.3 is 0 Å². The average Bonchev–Trinajstić information content (AvgIpc) is 2.76. The predicted octanol–water partition coefficient (Wildman–Crippen LogP) is 3.18. The number of thiazole rings is 1. The molecule has 5 heteroatoms. The molecule has 2 heterocycles. The van der Waals surface area contributed by atoms with Gasteiger partial charge < -0.3 is 0 Å². The Morgan fingerprint density at radius 2 is 2.19 bits per heavy atom. The number of carbonyl (C=O) groups excluding carboxylic acids is 1. The van der Waals surface area contributed by atoms with E-state index in [4.69, 9.17) is 0 Å². The van der Waals surface area contributed by atoms with Crippen LogP contribution in [0.2, 0.25) is 0 Å². The molecule has 0 spiro atoms. The minimum atomic E-state index is 0.261. The zero-order chi connectivity index (χ0) is 11.0. The van der Waals surface area contributed by atoms with Crippen LogP contribution in [-0.4, -0.2) is 28.0 Å². The Labute approximate surface area is 108 Å². The van der Waals surface area contributed by atoms with Crippen molar-refractivity contribution < 1.29 is 4.79 Å². The monoisotopic (exact) mass is 271 g/mol. The van der Waals surface area contributed by atoms with E-state index in [1.54, 1.807) is 11.3 Å². The number of carbonyl (C=O) groups is 1. The van der Waals surface area contributed by atoms with Crippen molar-refractivity contribution in [3.8, 4) is 0 Å². The van der Waals surface area contributed by atoms with Crippen LogP contribution >= 0.6 is 34.9 Å². The van der Waals surface area contributed by atoms with E-state index in [1.807, 2.05) is 23.5 Å². The van der Waals surface area contributed by atoms with E-state index < -0.39 is 0 Å². The van der Waals surface area contributed by atoms with Gasteiger partial charge in [-0.15, -0.1) is 23.1 Å². The predicted molar refractivity (Wildman–Crippen MR) is 71.9 cm³/mol. The highest BCUT2D eigenvalue weighted by atomic mass is 32.2. The molecule has 3 rings (SSSR count). The van der Waals surface area contributed by atoms with E-state index in [9.17, 15) is 4.79 Å². The maximum absolute atomic E-state index is 11.7. The van der Waals surface area contributed by atoms with Crippen LogP contribution in [0.5, 0.6) is 0 Å². The summed E-state index contributed by atoms with van der Waals surface area (Å²) in [4.78, 5) is 17.5. The normalized spacial score (nSPS) is 25.5. The minimum Gasteiger partial charge on any atom is -0.292 e. The Morgan fingerprint density at radius 1 is 1.25 bits per heavy atom. The number of nitrogens with zero attached hydrogens (tertiary/aromatic N) is 1. The number of fused-ring (bicyclic) bond motifs is 1. The van der Waals surface area contributed by atoms with Gasteiger partial charge in [-0.3, -0.25) is 4.79 Å². The first-order chi connectivity index (χ1) is 7.84. The van der Waals surface area contributed by atoms with Crippen molar-refractivity contribution in [1.29, 1.82) is 0 Å². The number of rotatable bonds is 1. The van der Waals surface area contributed by atoms with Crippen molar-refractivity contribution in [1.82, 2.24) is 4.98 Å². The maximum Gasteiger partial charge on any atom is 0.182 e. The second kappa shape index (κ2) is 4.70. The Morgan fingerprint density at radius 3 is 2.94 bits per heavy atom. The number of hydrogen-bond donors (Lipinski definition) is 0. The second-order valence-electron chi connectivity index (χ2n) is 4.03. The fourth-order valence-electron chi connectivity index (χ4n) is 2.05. The van der Waals surface area contributed by atoms with Crippen LogP contribution in [0.15, 0.2) is 0 Å². The molecule has 0 N–H and O–H groups in total. The van der Waals surface area contributed by atoms with E-state index >= 15 is 0 Å². The molecule has 1 aliphatic carbocycles. The molecular weight excluding hydrogens is 258 g/mol. The molecule has 86 valence electrons. The topological polar surface area (TPSA) is 30.0 Å². The van der Waals surface area contributed by atoms with Crippen molar-refractivity contribution >= 4 is 40.6 Å². The molecule has 1 atom stereocenters. The molecule has 1 fully saturated rings. The van der Waals surface area contributed by atoms with Gasteiger partial charge in [-0.2, -0.15) is 11.8 Å². The summed E-state index contributed by atoms with van der Waals surface area (Å²) < 4.78 is 0. The molecule has 0 bridgehead atoms. The first-order valence-corrected chi connectivity index (χ1v) is 8.59. The molecule has 1 saturated heterocycles. The van der Waals surface area contributed by atoms with Gasteiger partial charge in [0.05, 0.1) is 5.25 Å². The van der Waals surface area contributed by atoms with Crippen molar-refractivity contribution in [3.05, 3.63) is 15.6 Å². The first kappa shape index (κ1) is 11.1. The summed E-state index contributed by atoms with van der Waals surface area (Å²) in [6.07, 6.45) is 2.77. The molecule has 0 aromatic carbocycles. The van der Waals surface area contributed by atoms with Crippen LogP contribution in [0.25, 0.3) is 0 Å². The number of ketones is 1. The van der Waals surface area contributed by atoms with Gasteiger partial charge in [-0.05, 0) is 12.8 Å². The second-order valence-corrected chi connectivity index (χ2v) is 7.61. The fraction of sp³-hybridized carbons (Fsp3) is 0.636. The Hall–Kier alpha value is -0.0000000000000000555. The molecule has 2 nitrogen and oxygen atoms in total. The third-order valence-electron chi connectivity index (χ3n) is 2.88. The summed E-state index contributed by atoms with van der Waals surface area (Å²) in [5.74, 6) is 3.89. The van der Waals surface area contributed by atoms with E-state index in [0.717, 1.165) is 24.3 Å². The summed E-state index contributed by atoms with van der Waals surface area (Å²) >= 11 is 5.78. The molecular formula is C11H13NOS3. The van der Waals surface area contributed by atoms with Gasteiger partial charge in [0.2, 0.25) is 0 Å². The standard InChI is InChI=1S/C11H13NOS3/c13-7-2-1-3-8-10(7)12-11(16-8)9-6-14-4-5-15-9/h9H,1-6H2. The lowest BCUT2D eigenvalue weighted by molar-refractivity contribution is 0.0968. The Balaban J connectivity index is 1.88. The van der Waals surface area contributed by atoms with Gasteiger partial charge in [-0.1, -0.05) is 0 Å². The zero-order valence-electron chi connectivity index (χ0n) is 8.90. The van der Waals surface area contributed by atoms with Gasteiger partial charge in [0.25, 0.3) is 0 Å². The van der Waals surface area contributed by atoms with E-state index in [0.29, 0.717) is 11.7 Å². The fourth-order valence-corrected chi connectivity index (χ4v) is 6.16. The van der Waals surface area contributed by atoms with E-state index in [2.05, 4.69) is 4.98 Å². The third-order valence-corrected chi connectivity index (χ3v) is 7.02.